The molecule has 4 rings (SSSR count). The van der Waals surface area contributed by atoms with Gasteiger partial charge in [-0.1, -0.05) is 57.4 Å². The zero-order chi connectivity index (χ0) is 28.6. The van der Waals surface area contributed by atoms with Gasteiger partial charge in [0.1, 0.15) is 5.82 Å². The Bertz CT molecular complexity index is 1490. The standard InChI is InChI=1S/C33H39N3O4/c1-5-8-12-20-35(33(39)40-7-3)24-17-19-29-30(22-24)36(31(34-29)15-9-6-2)25-16-18-26(23(4)21-25)27-13-10-11-14-28(27)32(37)38/h10-11,13-14,16-19,21-22H,5-9,12,15,20H2,1-4H3,(H,37,38). The molecule has 0 spiro atoms. The van der Waals surface area contributed by atoms with Gasteiger partial charge in [0.15, 0.2) is 0 Å². The van der Waals surface area contributed by atoms with E-state index in [-0.39, 0.29) is 11.7 Å². The van der Waals surface area contributed by atoms with E-state index in [0.29, 0.717) is 18.7 Å². The lowest BCUT2D eigenvalue weighted by molar-refractivity contribution is 0.0697. The number of fused-ring (bicyclic) bond motifs is 1. The lowest BCUT2D eigenvalue weighted by Gasteiger charge is -2.22. The number of hydrogen-bond donors (Lipinski definition) is 1. The summed E-state index contributed by atoms with van der Waals surface area (Å²) in [6, 6.07) is 19.1. The molecule has 1 N–H and O–H groups in total. The molecule has 4 aromatic rings. The van der Waals surface area contributed by atoms with Crippen LogP contribution in [0.5, 0.6) is 0 Å². The minimum absolute atomic E-state index is 0.279. The van der Waals surface area contributed by atoms with Gasteiger partial charge in [0.2, 0.25) is 0 Å². The normalized spacial score (nSPS) is 11.1. The van der Waals surface area contributed by atoms with Gasteiger partial charge in [-0.15, -0.1) is 0 Å². The van der Waals surface area contributed by atoms with E-state index >= 15 is 0 Å². The molecule has 0 unspecified atom stereocenters. The number of benzene rings is 3. The van der Waals surface area contributed by atoms with Crippen molar-refractivity contribution in [2.75, 3.05) is 18.1 Å². The molecular formula is C33H39N3O4. The molecule has 0 radical (unpaired) electrons. The van der Waals surface area contributed by atoms with Gasteiger partial charge in [-0.25, -0.2) is 14.6 Å². The first-order chi connectivity index (χ1) is 19.4. The zero-order valence-corrected chi connectivity index (χ0v) is 23.9. The molecule has 0 atom stereocenters. The van der Waals surface area contributed by atoms with E-state index in [9.17, 15) is 14.7 Å². The van der Waals surface area contributed by atoms with Gasteiger partial charge in [0, 0.05) is 24.3 Å². The van der Waals surface area contributed by atoms with Gasteiger partial charge in [0.05, 0.1) is 23.2 Å². The molecule has 0 aliphatic heterocycles. The van der Waals surface area contributed by atoms with Gasteiger partial charge in [0.25, 0.3) is 0 Å². The number of amides is 1. The van der Waals surface area contributed by atoms with Crippen LogP contribution in [0.4, 0.5) is 10.5 Å². The number of aryl methyl sites for hydroxylation is 2. The third-order valence-electron chi connectivity index (χ3n) is 7.16. The first-order valence-corrected chi connectivity index (χ1v) is 14.3. The van der Waals surface area contributed by atoms with Crippen molar-refractivity contribution in [2.24, 2.45) is 0 Å². The molecule has 1 aromatic heterocycles. The number of imidazole rings is 1. The van der Waals surface area contributed by atoms with Crippen LogP contribution in [0.2, 0.25) is 0 Å². The number of unbranched alkanes of at least 4 members (excludes halogenated alkanes) is 3. The Labute approximate surface area is 236 Å². The Morgan fingerprint density at radius 1 is 0.925 bits per heavy atom. The summed E-state index contributed by atoms with van der Waals surface area (Å²) < 4.78 is 7.56. The average molecular weight is 542 g/mol. The predicted molar refractivity (Wildman–Crippen MR) is 161 cm³/mol. The highest BCUT2D eigenvalue weighted by molar-refractivity contribution is 5.96. The highest BCUT2D eigenvalue weighted by atomic mass is 16.6. The van der Waals surface area contributed by atoms with E-state index in [1.165, 1.54) is 0 Å². The van der Waals surface area contributed by atoms with E-state index < -0.39 is 5.97 Å². The Balaban J connectivity index is 1.83. The average Bonchev–Trinajstić information content (AvgIpc) is 3.31. The second-order valence-electron chi connectivity index (χ2n) is 10.0. The summed E-state index contributed by atoms with van der Waals surface area (Å²) in [6.07, 6.45) is 5.53. The summed E-state index contributed by atoms with van der Waals surface area (Å²) in [5.41, 5.74) is 6.35. The molecule has 40 heavy (non-hydrogen) atoms. The number of carboxylic acids is 1. The van der Waals surface area contributed by atoms with Gasteiger partial charge >= 0.3 is 12.1 Å². The summed E-state index contributed by atoms with van der Waals surface area (Å²) in [5.74, 6) is 0.0138. The van der Waals surface area contributed by atoms with Gasteiger partial charge in [-0.05, 0) is 79.8 Å². The molecule has 0 fully saturated rings. The van der Waals surface area contributed by atoms with Gasteiger partial charge < -0.3 is 9.84 Å². The highest BCUT2D eigenvalue weighted by Crippen LogP contribution is 2.32. The number of rotatable bonds is 12. The van der Waals surface area contributed by atoms with E-state index in [1.54, 1.807) is 17.0 Å². The summed E-state index contributed by atoms with van der Waals surface area (Å²) in [5, 5.41) is 9.72. The Kier molecular flexibility index (Phi) is 9.59. The summed E-state index contributed by atoms with van der Waals surface area (Å²) >= 11 is 0. The molecule has 7 nitrogen and oxygen atoms in total. The number of aromatic nitrogens is 2. The number of carbonyl (C=O) groups excluding carboxylic acids is 1. The number of carboxylic acid groups (broad SMARTS) is 1. The fraction of sp³-hybridized carbons (Fsp3) is 0.364. The van der Waals surface area contributed by atoms with E-state index in [0.717, 1.165) is 77.9 Å². The van der Waals surface area contributed by atoms with Crippen LogP contribution in [0.3, 0.4) is 0 Å². The topological polar surface area (TPSA) is 84.7 Å². The maximum Gasteiger partial charge on any atom is 0.414 e. The van der Waals surface area contributed by atoms with Crippen molar-refractivity contribution in [2.45, 2.75) is 66.2 Å². The molecule has 0 saturated heterocycles. The largest absolute Gasteiger partial charge is 0.478 e. The fourth-order valence-corrected chi connectivity index (χ4v) is 5.11. The molecule has 7 heteroatoms. The molecule has 0 saturated carbocycles. The van der Waals surface area contributed by atoms with Crippen molar-refractivity contribution in [3.8, 4) is 16.8 Å². The number of hydrogen-bond acceptors (Lipinski definition) is 4. The van der Waals surface area contributed by atoms with E-state index in [2.05, 4.69) is 24.5 Å². The van der Waals surface area contributed by atoms with Crippen LogP contribution in [0.1, 0.15) is 74.6 Å². The van der Waals surface area contributed by atoms with Crippen LogP contribution in [-0.4, -0.2) is 39.9 Å². The SMILES string of the molecule is CCCCCN(C(=O)OCC)c1ccc2nc(CCCC)n(-c3ccc(-c4ccccc4C(=O)O)c(C)c3)c2c1. The third-order valence-corrected chi connectivity index (χ3v) is 7.16. The van der Waals surface area contributed by atoms with Crippen molar-refractivity contribution in [1.82, 2.24) is 9.55 Å². The summed E-state index contributed by atoms with van der Waals surface area (Å²) in [4.78, 5) is 31.5. The maximum atomic E-state index is 12.9. The molecular weight excluding hydrogens is 502 g/mol. The monoisotopic (exact) mass is 541 g/mol. The third kappa shape index (κ3) is 6.19. The number of nitrogens with zero attached hydrogens (tertiary/aromatic N) is 3. The van der Waals surface area contributed by atoms with Crippen molar-refractivity contribution in [3.63, 3.8) is 0 Å². The van der Waals surface area contributed by atoms with Gasteiger partial charge in [-0.3, -0.25) is 9.47 Å². The lowest BCUT2D eigenvalue weighted by Crippen LogP contribution is -2.32. The molecule has 1 amide bonds. The van der Waals surface area contributed by atoms with Crippen LogP contribution >= 0.6 is 0 Å². The number of aromatic carboxylic acids is 1. The van der Waals surface area contributed by atoms with Crippen molar-refractivity contribution in [1.29, 1.82) is 0 Å². The van der Waals surface area contributed by atoms with Crippen LogP contribution in [0, 0.1) is 6.92 Å². The molecule has 1 heterocycles. The quantitative estimate of drug-likeness (QED) is 0.183. The molecule has 0 aliphatic carbocycles. The van der Waals surface area contributed by atoms with E-state index in [1.807, 2.05) is 56.3 Å². The zero-order valence-electron chi connectivity index (χ0n) is 23.9. The minimum atomic E-state index is -0.945. The van der Waals surface area contributed by atoms with Crippen molar-refractivity contribution >= 4 is 28.8 Å². The van der Waals surface area contributed by atoms with Crippen LogP contribution in [0.15, 0.2) is 60.7 Å². The fourth-order valence-electron chi connectivity index (χ4n) is 5.11. The number of anilines is 1. The Morgan fingerprint density at radius 3 is 2.40 bits per heavy atom. The van der Waals surface area contributed by atoms with Crippen LogP contribution in [-0.2, 0) is 11.2 Å². The van der Waals surface area contributed by atoms with Crippen molar-refractivity contribution in [3.05, 3.63) is 77.6 Å². The molecule has 3 aromatic carbocycles. The predicted octanol–water partition coefficient (Wildman–Crippen LogP) is 8.19. The molecule has 210 valence electrons. The smallest absolute Gasteiger partial charge is 0.414 e. The first-order valence-electron chi connectivity index (χ1n) is 14.3. The molecule has 0 aliphatic rings. The van der Waals surface area contributed by atoms with Crippen LogP contribution in [0.25, 0.3) is 27.8 Å². The number of ether oxygens (including phenoxy) is 1. The highest BCUT2D eigenvalue weighted by Gasteiger charge is 2.20. The summed E-state index contributed by atoms with van der Waals surface area (Å²) in [7, 11) is 0. The van der Waals surface area contributed by atoms with E-state index in [4.69, 9.17) is 9.72 Å². The van der Waals surface area contributed by atoms with Gasteiger partial charge in [-0.2, -0.15) is 0 Å². The maximum absolute atomic E-state index is 12.9. The first kappa shape index (κ1) is 28.9. The second-order valence-corrected chi connectivity index (χ2v) is 10.0. The van der Waals surface area contributed by atoms with Crippen molar-refractivity contribution < 1.29 is 19.4 Å². The number of carbonyl (C=O) groups is 2. The Hall–Kier alpha value is -4.13. The summed E-state index contributed by atoms with van der Waals surface area (Å²) in [6.45, 7) is 9.04. The van der Waals surface area contributed by atoms with Crippen LogP contribution < -0.4 is 4.90 Å². The second kappa shape index (κ2) is 13.3. The lowest BCUT2D eigenvalue weighted by atomic mass is 9.95. The molecule has 0 bridgehead atoms. The minimum Gasteiger partial charge on any atom is -0.478 e. The Morgan fingerprint density at radius 2 is 1.70 bits per heavy atom.